The molecule has 1 fully saturated rings. The summed E-state index contributed by atoms with van der Waals surface area (Å²) >= 11 is 0. The highest BCUT2D eigenvalue weighted by molar-refractivity contribution is 5.95. The van der Waals surface area contributed by atoms with Crippen LogP contribution in [0.1, 0.15) is 32.6 Å². The van der Waals surface area contributed by atoms with Gasteiger partial charge in [-0.15, -0.1) is 0 Å². The van der Waals surface area contributed by atoms with Gasteiger partial charge in [0.1, 0.15) is 5.69 Å². The number of para-hydroxylation sites is 2. The van der Waals surface area contributed by atoms with Gasteiger partial charge in [0.25, 0.3) is 11.6 Å². The van der Waals surface area contributed by atoms with Crippen molar-refractivity contribution in [1.82, 2.24) is 0 Å². The van der Waals surface area contributed by atoms with E-state index in [1.807, 2.05) is 6.92 Å². The van der Waals surface area contributed by atoms with Crippen LogP contribution in [0.2, 0.25) is 0 Å². The predicted molar refractivity (Wildman–Crippen MR) is 80.4 cm³/mol. The molecule has 0 aromatic heterocycles. The van der Waals surface area contributed by atoms with Gasteiger partial charge >= 0.3 is 0 Å². The van der Waals surface area contributed by atoms with E-state index in [1.54, 1.807) is 18.2 Å². The molecule has 1 aliphatic rings. The van der Waals surface area contributed by atoms with Crippen molar-refractivity contribution < 1.29 is 14.6 Å². The molecule has 1 aromatic rings. The number of hydrogen-bond donors (Lipinski definition) is 2. The Morgan fingerprint density at radius 2 is 1.86 bits per heavy atom. The third kappa shape index (κ3) is 4.01. The molecule has 6 nitrogen and oxygen atoms in total. The maximum absolute atomic E-state index is 12.3. The largest absolute Gasteiger partial charge is 0.325 e. The highest BCUT2D eigenvalue weighted by Gasteiger charge is 2.27. The van der Waals surface area contributed by atoms with Crippen LogP contribution in [0.15, 0.2) is 24.3 Å². The number of hydrogen-bond acceptors (Lipinski definition) is 3. The number of nitrogens with zero attached hydrogens (tertiary/aromatic N) is 1. The molecule has 2 rings (SSSR count). The van der Waals surface area contributed by atoms with E-state index in [4.69, 9.17) is 0 Å². The van der Waals surface area contributed by atoms with E-state index in [0.717, 1.165) is 25.9 Å². The fourth-order valence-corrected chi connectivity index (χ4v) is 2.78. The molecule has 1 aliphatic heterocycles. The predicted octanol–water partition coefficient (Wildman–Crippen LogP) is 1.38. The zero-order valence-electron chi connectivity index (χ0n) is 12.3. The van der Waals surface area contributed by atoms with Gasteiger partial charge in [0, 0.05) is 6.07 Å². The number of quaternary nitrogens is 1. The van der Waals surface area contributed by atoms with Crippen molar-refractivity contribution in [3.63, 3.8) is 0 Å². The summed E-state index contributed by atoms with van der Waals surface area (Å²) in [6.07, 6.45) is 4.72. The Morgan fingerprint density at radius 3 is 2.48 bits per heavy atom. The molecule has 0 saturated carbocycles. The average molecular weight is 292 g/mol. The zero-order valence-corrected chi connectivity index (χ0v) is 12.3. The maximum Gasteiger partial charge on any atom is 0.292 e. The molecule has 0 bridgehead atoms. The normalized spacial score (nSPS) is 17.8. The van der Waals surface area contributed by atoms with Crippen LogP contribution in [-0.4, -0.2) is 30.0 Å². The molecule has 1 saturated heterocycles. The Hall–Kier alpha value is -1.95. The molecule has 0 spiro atoms. The minimum atomic E-state index is -0.473. The minimum Gasteiger partial charge on any atom is -0.325 e. The van der Waals surface area contributed by atoms with Crippen LogP contribution in [-0.2, 0) is 4.79 Å². The Labute approximate surface area is 124 Å². The molecule has 0 aliphatic carbocycles. The van der Waals surface area contributed by atoms with Crippen LogP contribution in [0.25, 0.3) is 0 Å². The summed E-state index contributed by atoms with van der Waals surface area (Å²) in [7, 11) is 0. The van der Waals surface area contributed by atoms with Gasteiger partial charge in [-0.2, -0.15) is 0 Å². The number of benzene rings is 1. The second-order valence-corrected chi connectivity index (χ2v) is 5.56. The molecule has 2 N–H and O–H groups in total. The lowest BCUT2D eigenvalue weighted by Gasteiger charge is -2.23. The van der Waals surface area contributed by atoms with Crippen LogP contribution < -0.4 is 10.2 Å². The lowest BCUT2D eigenvalue weighted by Crippen LogP contribution is -3.16. The molecule has 6 heteroatoms. The number of rotatable bonds is 4. The molecule has 1 atom stereocenters. The Morgan fingerprint density at radius 1 is 1.24 bits per heavy atom. The van der Waals surface area contributed by atoms with Gasteiger partial charge in [0.15, 0.2) is 6.04 Å². The molecule has 1 amide bonds. The minimum absolute atomic E-state index is 0.0658. The molecule has 0 radical (unpaired) electrons. The zero-order chi connectivity index (χ0) is 15.2. The quantitative estimate of drug-likeness (QED) is 0.650. The molecule has 1 aromatic carbocycles. The highest BCUT2D eigenvalue weighted by Crippen LogP contribution is 2.23. The molecule has 114 valence electrons. The number of likely N-dealkylation sites (tertiary alicyclic amines) is 1. The second kappa shape index (κ2) is 7.17. The number of nitrogens with one attached hydrogen (secondary N) is 2. The maximum atomic E-state index is 12.3. The number of carbonyl (C=O) groups is 1. The van der Waals surface area contributed by atoms with Crippen molar-refractivity contribution in [2.75, 3.05) is 18.4 Å². The third-order valence-electron chi connectivity index (χ3n) is 4.11. The van der Waals surface area contributed by atoms with Gasteiger partial charge in [-0.25, -0.2) is 0 Å². The van der Waals surface area contributed by atoms with E-state index < -0.39 is 4.92 Å². The third-order valence-corrected chi connectivity index (χ3v) is 4.11. The summed E-state index contributed by atoms with van der Waals surface area (Å²) in [6.45, 7) is 3.88. The van der Waals surface area contributed by atoms with Gasteiger partial charge in [-0.1, -0.05) is 12.1 Å². The fourth-order valence-electron chi connectivity index (χ4n) is 2.78. The first-order chi connectivity index (χ1) is 10.1. The first kappa shape index (κ1) is 15.4. The first-order valence-corrected chi connectivity index (χ1v) is 7.48. The number of carbonyl (C=O) groups excluding carboxylic acids is 1. The van der Waals surface area contributed by atoms with Crippen LogP contribution >= 0.6 is 0 Å². The summed E-state index contributed by atoms with van der Waals surface area (Å²) in [6, 6.07) is 6.06. The Kier molecular flexibility index (Phi) is 5.27. The van der Waals surface area contributed by atoms with E-state index in [2.05, 4.69) is 5.32 Å². The number of amides is 1. The van der Waals surface area contributed by atoms with Crippen molar-refractivity contribution >= 4 is 17.3 Å². The van der Waals surface area contributed by atoms with Crippen LogP contribution in [0.4, 0.5) is 11.4 Å². The first-order valence-electron chi connectivity index (χ1n) is 7.48. The molecule has 1 heterocycles. The molecular weight excluding hydrogens is 270 g/mol. The lowest BCUT2D eigenvalue weighted by atomic mass is 10.2. The smallest absolute Gasteiger partial charge is 0.292 e. The Bertz CT molecular complexity index is 511. The SMILES string of the molecule is C[C@H](C(=O)Nc1ccccc1[N+](=O)[O-])[NH+]1CCCCCC1. The number of nitro benzene ring substituents is 1. The van der Waals surface area contributed by atoms with Crippen molar-refractivity contribution in [3.05, 3.63) is 34.4 Å². The monoisotopic (exact) mass is 292 g/mol. The molecule has 21 heavy (non-hydrogen) atoms. The molecule has 0 unspecified atom stereocenters. The van der Waals surface area contributed by atoms with Crippen LogP contribution in [0.5, 0.6) is 0 Å². The summed E-state index contributed by atoms with van der Waals surface area (Å²) in [4.78, 5) is 24.1. The Balaban J connectivity index is 2.05. The number of anilines is 1. The van der Waals surface area contributed by atoms with Crippen LogP contribution in [0.3, 0.4) is 0 Å². The lowest BCUT2D eigenvalue weighted by molar-refractivity contribution is -0.913. The van der Waals surface area contributed by atoms with E-state index in [0.29, 0.717) is 0 Å². The summed E-state index contributed by atoms with van der Waals surface area (Å²) in [5.41, 5.74) is 0.206. The van der Waals surface area contributed by atoms with Gasteiger partial charge in [-0.3, -0.25) is 14.9 Å². The van der Waals surface area contributed by atoms with Crippen molar-refractivity contribution in [2.24, 2.45) is 0 Å². The summed E-state index contributed by atoms with van der Waals surface area (Å²) < 4.78 is 0. The van der Waals surface area contributed by atoms with Crippen LogP contribution in [0, 0.1) is 10.1 Å². The summed E-state index contributed by atoms with van der Waals surface area (Å²) in [5, 5.41) is 13.7. The fraction of sp³-hybridized carbons (Fsp3) is 0.533. The van der Waals surface area contributed by atoms with E-state index in [9.17, 15) is 14.9 Å². The van der Waals surface area contributed by atoms with Crippen molar-refractivity contribution in [1.29, 1.82) is 0 Å². The van der Waals surface area contributed by atoms with Crippen molar-refractivity contribution in [2.45, 2.75) is 38.6 Å². The van der Waals surface area contributed by atoms with E-state index in [1.165, 1.54) is 23.8 Å². The topological polar surface area (TPSA) is 76.7 Å². The standard InChI is InChI=1S/C15H21N3O3/c1-12(17-10-6-2-3-7-11-17)15(19)16-13-8-4-5-9-14(13)18(20)21/h4-5,8-9,12H,2-3,6-7,10-11H2,1H3,(H,16,19)/p+1/t12-/m1/s1. The van der Waals surface area contributed by atoms with Crippen molar-refractivity contribution in [3.8, 4) is 0 Å². The highest BCUT2D eigenvalue weighted by atomic mass is 16.6. The average Bonchev–Trinajstić information content (AvgIpc) is 2.75. The van der Waals surface area contributed by atoms with E-state index in [-0.39, 0.29) is 23.3 Å². The van der Waals surface area contributed by atoms with Gasteiger partial charge < -0.3 is 10.2 Å². The second-order valence-electron chi connectivity index (χ2n) is 5.56. The van der Waals surface area contributed by atoms with E-state index >= 15 is 0 Å². The summed E-state index contributed by atoms with van der Waals surface area (Å²) in [5.74, 6) is -0.152. The van der Waals surface area contributed by atoms with Gasteiger partial charge in [0.05, 0.1) is 18.0 Å². The van der Waals surface area contributed by atoms with Gasteiger partial charge in [-0.05, 0) is 38.7 Å². The van der Waals surface area contributed by atoms with Gasteiger partial charge in [0.2, 0.25) is 0 Å². The molecular formula is C15H22N3O3+. The number of nitro groups is 1.